The van der Waals surface area contributed by atoms with Gasteiger partial charge in [0.15, 0.2) is 0 Å². The Morgan fingerprint density at radius 2 is 2.00 bits per heavy atom. The van der Waals surface area contributed by atoms with Crippen LogP contribution in [-0.4, -0.2) is 28.0 Å². The van der Waals surface area contributed by atoms with Crippen molar-refractivity contribution in [1.29, 1.82) is 0 Å². The molecule has 106 valence electrons. The highest BCUT2D eigenvalue weighted by Gasteiger charge is 2.21. The van der Waals surface area contributed by atoms with Crippen LogP contribution in [0, 0.1) is 18.6 Å². The summed E-state index contributed by atoms with van der Waals surface area (Å²) < 4.78 is 29.1. The Morgan fingerprint density at radius 1 is 1.20 bits per heavy atom. The summed E-state index contributed by atoms with van der Waals surface area (Å²) in [7, 11) is 2.07. The zero-order valence-electron chi connectivity index (χ0n) is 11.7. The Morgan fingerprint density at radius 3 is 2.75 bits per heavy atom. The van der Waals surface area contributed by atoms with Gasteiger partial charge in [0.05, 0.1) is 17.0 Å². The van der Waals surface area contributed by atoms with E-state index in [1.165, 1.54) is 12.1 Å². The third-order valence-electron chi connectivity index (χ3n) is 3.79. The van der Waals surface area contributed by atoms with E-state index in [0.717, 1.165) is 43.5 Å². The van der Waals surface area contributed by atoms with E-state index in [4.69, 9.17) is 0 Å². The number of rotatable bonds is 1. The van der Waals surface area contributed by atoms with Crippen LogP contribution in [-0.2, 0) is 13.1 Å². The number of halogens is 2. The summed E-state index contributed by atoms with van der Waals surface area (Å²) in [5.41, 5.74) is 2.39. The lowest BCUT2D eigenvalue weighted by Crippen LogP contribution is -2.17. The van der Waals surface area contributed by atoms with Gasteiger partial charge in [-0.2, -0.15) is 0 Å². The van der Waals surface area contributed by atoms with Crippen LogP contribution in [0.15, 0.2) is 18.2 Å². The van der Waals surface area contributed by atoms with Gasteiger partial charge in [0.25, 0.3) is 0 Å². The van der Waals surface area contributed by atoms with Crippen molar-refractivity contribution in [3.63, 3.8) is 0 Å². The minimum Gasteiger partial charge on any atom is -0.326 e. The minimum atomic E-state index is -0.564. The first kappa shape index (κ1) is 13.2. The Hall–Kier alpha value is -1.75. The van der Waals surface area contributed by atoms with Crippen LogP contribution < -0.4 is 0 Å². The topological polar surface area (TPSA) is 21.1 Å². The Kier molecular flexibility index (Phi) is 3.30. The van der Waals surface area contributed by atoms with Crippen LogP contribution in [0.25, 0.3) is 11.4 Å². The number of aromatic nitrogens is 2. The summed E-state index contributed by atoms with van der Waals surface area (Å²) in [6.07, 6.45) is 0.995. The summed E-state index contributed by atoms with van der Waals surface area (Å²) >= 11 is 0. The zero-order chi connectivity index (χ0) is 14.3. The van der Waals surface area contributed by atoms with E-state index >= 15 is 0 Å². The van der Waals surface area contributed by atoms with E-state index in [0.29, 0.717) is 11.4 Å². The zero-order valence-corrected chi connectivity index (χ0v) is 11.7. The molecule has 0 saturated heterocycles. The normalized spacial score (nSPS) is 16.0. The summed E-state index contributed by atoms with van der Waals surface area (Å²) in [4.78, 5) is 6.74. The summed E-state index contributed by atoms with van der Waals surface area (Å²) in [5, 5.41) is 0. The lowest BCUT2D eigenvalue weighted by Gasteiger charge is -2.12. The molecule has 5 heteroatoms. The number of aryl methyl sites for hydroxylation is 1. The first-order valence-corrected chi connectivity index (χ1v) is 6.76. The van der Waals surface area contributed by atoms with E-state index < -0.39 is 11.6 Å². The number of nitrogens with zero attached hydrogens (tertiary/aromatic N) is 3. The van der Waals surface area contributed by atoms with Crippen LogP contribution >= 0.6 is 0 Å². The molecule has 1 aromatic heterocycles. The van der Waals surface area contributed by atoms with Crippen molar-refractivity contribution in [2.24, 2.45) is 0 Å². The van der Waals surface area contributed by atoms with Gasteiger partial charge < -0.3 is 9.47 Å². The molecule has 0 fully saturated rings. The molecule has 20 heavy (non-hydrogen) atoms. The van der Waals surface area contributed by atoms with Gasteiger partial charge in [0, 0.05) is 19.2 Å². The van der Waals surface area contributed by atoms with Crippen molar-refractivity contribution in [2.75, 3.05) is 13.6 Å². The average Bonchev–Trinajstić information content (AvgIpc) is 2.58. The van der Waals surface area contributed by atoms with Gasteiger partial charge in [-0.3, -0.25) is 0 Å². The molecule has 2 aromatic rings. The molecule has 1 aromatic carbocycles. The van der Waals surface area contributed by atoms with Gasteiger partial charge in [0.1, 0.15) is 17.5 Å². The van der Waals surface area contributed by atoms with Crippen LogP contribution in [0.1, 0.15) is 17.8 Å². The molecular formula is C15H17F2N3. The highest BCUT2D eigenvalue weighted by molar-refractivity contribution is 5.58. The molecule has 0 unspecified atom stereocenters. The van der Waals surface area contributed by atoms with Gasteiger partial charge in [-0.15, -0.1) is 0 Å². The van der Waals surface area contributed by atoms with Crippen LogP contribution in [0.4, 0.5) is 8.78 Å². The summed E-state index contributed by atoms with van der Waals surface area (Å²) in [6.45, 7) is 4.57. The molecule has 3 nitrogen and oxygen atoms in total. The van der Waals surface area contributed by atoms with E-state index in [2.05, 4.69) is 21.5 Å². The highest BCUT2D eigenvalue weighted by atomic mass is 19.1. The second-order valence-corrected chi connectivity index (χ2v) is 5.33. The molecule has 1 aliphatic heterocycles. The third kappa shape index (κ3) is 2.22. The fraction of sp³-hybridized carbons (Fsp3) is 0.400. The number of benzene rings is 1. The predicted molar refractivity (Wildman–Crippen MR) is 73.3 cm³/mol. The Labute approximate surface area is 116 Å². The van der Waals surface area contributed by atoms with Gasteiger partial charge >= 0.3 is 0 Å². The summed E-state index contributed by atoms with van der Waals surface area (Å²) in [6, 6.07) is 3.65. The standard InChI is InChI=1S/C15H17F2N3/c1-10-14-9-19(2)6-3-7-20(14)15(18-10)12-5-4-11(16)8-13(12)17/h4-5,8H,3,6-7,9H2,1-2H3. The molecule has 0 spiro atoms. The average molecular weight is 277 g/mol. The number of hydrogen-bond acceptors (Lipinski definition) is 2. The highest BCUT2D eigenvalue weighted by Crippen LogP contribution is 2.27. The number of imidazole rings is 1. The van der Waals surface area contributed by atoms with Crippen LogP contribution in [0.2, 0.25) is 0 Å². The molecule has 0 bridgehead atoms. The van der Waals surface area contributed by atoms with Gasteiger partial charge in [-0.05, 0) is 39.1 Å². The maximum Gasteiger partial charge on any atom is 0.143 e. The van der Waals surface area contributed by atoms with Crippen molar-refractivity contribution in [2.45, 2.75) is 26.4 Å². The van der Waals surface area contributed by atoms with Gasteiger partial charge in [-0.25, -0.2) is 13.8 Å². The third-order valence-corrected chi connectivity index (χ3v) is 3.79. The maximum atomic E-state index is 14.0. The first-order chi connectivity index (χ1) is 9.56. The van der Waals surface area contributed by atoms with Crippen molar-refractivity contribution < 1.29 is 8.78 Å². The van der Waals surface area contributed by atoms with Gasteiger partial charge in [-0.1, -0.05) is 0 Å². The monoisotopic (exact) mass is 277 g/mol. The second-order valence-electron chi connectivity index (χ2n) is 5.33. The molecule has 1 aliphatic rings. The quantitative estimate of drug-likeness (QED) is 0.799. The molecule has 0 saturated carbocycles. The van der Waals surface area contributed by atoms with Crippen molar-refractivity contribution >= 4 is 0 Å². The fourth-order valence-corrected chi connectivity index (χ4v) is 2.76. The van der Waals surface area contributed by atoms with Crippen molar-refractivity contribution in [1.82, 2.24) is 14.5 Å². The van der Waals surface area contributed by atoms with Gasteiger partial charge in [0.2, 0.25) is 0 Å². The lowest BCUT2D eigenvalue weighted by molar-refractivity contribution is 0.331. The molecular weight excluding hydrogens is 260 g/mol. The maximum absolute atomic E-state index is 14.0. The molecule has 0 atom stereocenters. The second kappa shape index (κ2) is 4.98. The fourth-order valence-electron chi connectivity index (χ4n) is 2.76. The SMILES string of the molecule is Cc1nc(-c2ccc(F)cc2F)n2c1CN(C)CCC2. The van der Waals surface area contributed by atoms with Crippen molar-refractivity contribution in [3.05, 3.63) is 41.2 Å². The molecule has 0 radical (unpaired) electrons. The number of hydrogen-bond donors (Lipinski definition) is 0. The lowest BCUT2D eigenvalue weighted by atomic mass is 10.2. The van der Waals surface area contributed by atoms with E-state index in [1.54, 1.807) is 0 Å². The molecule has 0 aliphatic carbocycles. The first-order valence-electron chi connectivity index (χ1n) is 6.76. The number of fused-ring (bicyclic) bond motifs is 1. The van der Waals surface area contributed by atoms with E-state index in [9.17, 15) is 8.78 Å². The van der Waals surface area contributed by atoms with Crippen LogP contribution in [0.3, 0.4) is 0 Å². The predicted octanol–water partition coefficient (Wildman–Crippen LogP) is 2.97. The summed E-state index contributed by atoms with van der Waals surface area (Å²) in [5.74, 6) is -0.522. The largest absolute Gasteiger partial charge is 0.326 e. The molecule has 2 heterocycles. The Bertz CT molecular complexity index is 649. The molecule has 3 rings (SSSR count). The molecule has 0 amide bonds. The Balaban J connectivity index is 2.13. The molecule has 0 N–H and O–H groups in total. The van der Waals surface area contributed by atoms with Crippen molar-refractivity contribution in [3.8, 4) is 11.4 Å². The van der Waals surface area contributed by atoms with E-state index in [-0.39, 0.29) is 0 Å². The van der Waals surface area contributed by atoms with Crippen LogP contribution in [0.5, 0.6) is 0 Å². The van der Waals surface area contributed by atoms with E-state index in [1.807, 2.05) is 6.92 Å². The smallest absolute Gasteiger partial charge is 0.143 e. The minimum absolute atomic E-state index is 0.366.